The molecule has 1 aliphatic heterocycles. The standard InChI is InChI=1S/C40H49FN8O4S/c1-25-10-9-11-26(2)48(25)39-45-44-36-19-15-28(24-47(36)39)53-34-18-17-32(29-12-7-8-13-30(29)34)42-38(50)43-37-23-35(40(3,4)5)46-49(37)33-22-27(14-16-31(33)41)51-20-21-52-54-6/h7-8,12-16,19,22-26,32,34H,9-11,17-18,20-21H2,1-6H3,(H2,42,43,50)/t25-,26+,32-,34+/m0/s1. The third kappa shape index (κ3) is 8.00. The number of carbonyl (C=O) groups is 1. The molecule has 286 valence electrons. The molecule has 4 heterocycles. The highest BCUT2D eigenvalue weighted by atomic mass is 32.2. The van der Waals surface area contributed by atoms with Crippen LogP contribution in [0, 0.1) is 5.82 Å². The monoisotopic (exact) mass is 756 g/mol. The number of nitrogens with one attached hydrogen (secondary N) is 2. The maximum Gasteiger partial charge on any atom is 0.320 e. The Bertz CT molecular complexity index is 2090. The van der Waals surface area contributed by atoms with E-state index in [-0.39, 0.29) is 23.2 Å². The van der Waals surface area contributed by atoms with Crippen molar-refractivity contribution in [2.24, 2.45) is 0 Å². The second-order valence-electron chi connectivity index (χ2n) is 15.1. The van der Waals surface area contributed by atoms with Crippen molar-refractivity contribution in [2.75, 3.05) is 29.7 Å². The molecule has 0 spiro atoms. The van der Waals surface area contributed by atoms with Crippen LogP contribution in [0.2, 0.25) is 0 Å². The predicted octanol–water partition coefficient (Wildman–Crippen LogP) is 8.57. The summed E-state index contributed by atoms with van der Waals surface area (Å²) in [4.78, 5) is 16.1. The van der Waals surface area contributed by atoms with Crippen molar-refractivity contribution in [3.63, 3.8) is 0 Å². The summed E-state index contributed by atoms with van der Waals surface area (Å²) in [6.07, 6.45) is 8.40. The molecule has 2 aliphatic rings. The lowest BCUT2D eigenvalue weighted by Crippen LogP contribution is -2.44. The normalized spacial score (nSPS) is 20.1. The Balaban J connectivity index is 1.08. The first-order valence-corrected chi connectivity index (χ1v) is 19.8. The van der Waals surface area contributed by atoms with Crippen LogP contribution in [-0.4, -0.2) is 62.0 Å². The highest BCUT2D eigenvalue weighted by molar-refractivity contribution is 7.93. The van der Waals surface area contributed by atoms with Crippen LogP contribution in [0.5, 0.6) is 11.5 Å². The molecule has 2 aromatic carbocycles. The van der Waals surface area contributed by atoms with Gasteiger partial charge in [-0.15, -0.1) is 10.2 Å². The van der Waals surface area contributed by atoms with Gasteiger partial charge in [-0.05, 0) is 93.4 Å². The topological polar surface area (TPSA) is 120 Å². The molecule has 2 amide bonds. The number of aromatic nitrogens is 5. The molecule has 0 radical (unpaired) electrons. The number of hydrogen-bond acceptors (Lipinski definition) is 9. The fourth-order valence-electron chi connectivity index (χ4n) is 7.46. The van der Waals surface area contributed by atoms with Gasteiger partial charge in [0, 0.05) is 35.9 Å². The molecular weight excluding hydrogens is 708 g/mol. The van der Waals surface area contributed by atoms with E-state index < -0.39 is 11.8 Å². The quantitative estimate of drug-likeness (QED) is 0.101. The van der Waals surface area contributed by atoms with Crippen molar-refractivity contribution < 1.29 is 22.8 Å². The number of carbonyl (C=O) groups excluding carboxylic acids is 1. The van der Waals surface area contributed by atoms with Crippen LogP contribution in [0.25, 0.3) is 11.3 Å². The number of hydrogen-bond donors (Lipinski definition) is 2. The highest BCUT2D eigenvalue weighted by Crippen LogP contribution is 2.39. The summed E-state index contributed by atoms with van der Waals surface area (Å²) in [5.74, 6) is 1.86. The molecule has 0 bridgehead atoms. The van der Waals surface area contributed by atoms with Gasteiger partial charge in [0.05, 0.1) is 24.5 Å². The zero-order valence-corrected chi connectivity index (χ0v) is 32.5. The molecule has 1 saturated heterocycles. The van der Waals surface area contributed by atoms with Gasteiger partial charge in [0.1, 0.15) is 41.5 Å². The second-order valence-corrected chi connectivity index (χ2v) is 15.7. The molecule has 4 atom stereocenters. The molecule has 12 nitrogen and oxygen atoms in total. The first-order chi connectivity index (χ1) is 26.0. The van der Waals surface area contributed by atoms with Gasteiger partial charge in [-0.2, -0.15) is 5.10 Å². The van der Waals surface area contributed by atoms with E-state index in [4.69, 9.17) is 18.8 Å². The second kappa shape index (κ2) is 15.9. The van der Waals surface area contributed by atoms with Gasteiger partial charge in [-0.3, -0.25) is 9.72 Å². The molecule has 5 aromatic rings. The molecule has 3 aromatic heterocycles. The van der Waals surface area contributed by atoms with E-state index in [0.29, 0.717) is 55.4 Å². The number of halogens is 1. The van der Waals surface area contributed by atoms with E-state index in [1.54, 1.807) is 18.2 Å². The average Bonchev–Trinajstić information content (AvgIpc) is 3.76. The maximum atomic E-state index is 15.4. The number of benzene rings is 2. The van der Waals surface area contributed by atoms with E-state index in [9.17, 15) is 4.79 Å². The van der Waals surface area contributed by atoms with Gasteiger partial charge in [0.2, 0.25) is 5.95 Å². The minimum atomic E-state index is -0.503. The number of anilines is 2. The summed E-state index contributed by atoms with van der Waals surface area (Å²) >= 11 is 1.25. The van der Waals surface area contributed by atoms with Crippen molar-refractivity contribution in [3.8, 4) is 17.2 Å². The number of pyridine rings is 1. The van der Waals surface area contributed by atoms with Gasteiger partial charge in [0.15, 0.2) is 5.65 Å². The predicted molar refractivity (Wildman–Crippen MR) is 209 cm³/mol. The van der Waals surface area contributed by atoms with E-state index in [1.807, 2.05) is 68.0 Å². The molecular formula is C40H49FN8O4S. The average molecular weight is 757 g/mol. The molecule has 2 N–H and O–H groups in total. The van der Waals surface area contributed by atoms with E-state index >= 15 is 4.39 Å². The minimum Gasteiger partial charge on any atom is -0.491 e. The Labute approximate surface area is 320 Å². The van der Waals surface area contributed by atoms with Gasteiger partial charge in [0.25, 0.3) is 0 Å². The summed E-state index contributed by atoms with van der Waals surface area (Å²) < 4.78 is 36.6. The summed E-state index contributed by atoms with van der Waals surface area (Å²) in [6, 6.07) is 18.2. The third-order valence-corrected chi connectivity index (χ3v) is 10.6. The molecule has 1 fully saturated rings. The van der Waals surface area contributed by atoms with Crippen LogP contribution in [-0.2, 0) is 9.60 Å². The summed E-state index contributed by atoms with van der Waals surface area (Å²) in [6.45, 7) is 11.2. The van der Waals surface area contributed by atoms with E-state index in [2.05, 4.69) is 45.6 Å². The Kier molecular flexibility index (Phi) is 11.0. The summed E-state index contributed by atoms with van der Waals surface area (Å²) in [7, 11) is 0. The lowest BCUT2D eigenvalue weighted by Gasteiger charge is -2.39. The summed E-state index contributed by atoms with van der Waals surface area (Å²) in [5.41, 5.74) is 3.26. The van der Waals surface area contributed by atoms with Crippen LogP contribution in [0.4, 0.5) is 21.0 Å². The molecule has 7 rings (SSSR count). The number of nitrogens with zero attached hydrogens (tertiary/aromatic N) is 6. The van der Waals surface area contributed by atoms with Gasteiger partial charge in [-0.1, -0.05) is 45.0 Å². The number of urea groups is 1. The van der Waals surface area contributed by atoms with Crippen molar-refractivity contribution in [2.45, 2.75) is 96.4 Å². The van der Waals surface area contributed by atoms with Crippen LogP contribution < -0.4 is 25.0 Å². The SMILES string of the molecule is CSOCCOc1ccc(F)c(-n2nc(C(C)(C)C)cc2NC(=O)N[C@H]2CC[C@@H](Oc3ccc4nnc(N5[C@H](C)CCC[C@@H]5C)n4c3)c3ccccc32)c1. The van der Waals surface area contributed by atoms with Crippen molar-refractivity contribution >= 4 is 35.5 Å². The van der Waals surface area contributed by atoms with Gasteiger partial charge in [-0.25, -0.2) is 13.9 Å². The summed E-state index contributed by atoms with van der Waals surface area (Å²) in [5, 5.41) is 19.9. The van der Waals surface area contributed by atoms with Crippen LogP contribution >= 0.6 is 12.0 Å². The first kappa shape index (κ1) is 37.5. The zero-order valence-electron chi connectivity index (χ0n) is 31.7. The molecule has 1 aliphatic carbocycles. The van der Waals surface area contributed by atoms with Gasteiger partial charge >= 0.3 is 6.03 Å². The molecule has 0 unspecified atom stereocenters. The van der Waals surface area contributed by atoms with Crippen molar-refractivity contribution in [3.05, 3.63) is 89.5 Å². The maximum absolute atomic E-state index is 15.4. The van der Waals surface area contributed by atoms with Crippen molar-refractivity contribution in [1.82, 2.24) is 29.7 Å². The fourth-order valence-corrected chi connectivity index (χ4v) is 7.69. The van der Waals surface area contributed by atoms with Crippen LogP contribution in [0.1, 0.15) is 95.7 Å². The first-order valence-electron chi connectivity index (χ1n) is 18.6. The van der Waals surface area contributed by atoms with E-state index in [0.717, 1.165) is 41.3 Å². The fraction of sp³-hybridized carbons (Fsp3) is 0.450. The largest absolute Gasteiger partial charge is 0.491 e. The zero-order chi connectivity index (χ0) is 38.0. The number of rotatable bonds is 11. The Morgan fingerprint density at radius 3 is 2.46 bits per heavy atom. The Hall–Kier alpha value is -4.82. The minimum absolute atomic E-state index is 0.156. The molecule has 0 saturated carbocycles. The Morgan fingerprint density at radius 2 is 1.70 bits per heavy atom. The highest BCUT2D eigenvalue weighted by Gasteiger charge is 2.32. The Morgan fingerprint density at radius 1 is 0.944 bits per heavy atom. The molecule has 54 heavy (non-hydrogen) atoms. The van der Waals surface area contributed by atoms with E-state index in [1.165, 1.54) is 29.2 Å². The number of amides is 2. The smallest absolute Gasteiger partial charge is 0.320 e. The number of ether oxygens (including phenoxy) is 2. The third-order valence-electron chi connectivity index (χ3n) is 10.2. The lowest BCUT2D eigenvalue weighted by molar-refractivity contribution is 0.171. The number of piperidine rings is 1. The van der Waals surface area contributed by atoms with Crippen LogP contribution in [0.15, 0.2) is 66.9 Å². The van der Waals surface area contributed by atoms with Gasteiger partial charge < -0.3 is 23.9 Å². The lowest BCUT2D eigenvalue weighted by atomic mass is 9.85. The number of fused-ring (bicyclic) bond motifs is 2. The van der Waals surface area contributed by atoms with Crippen molar-refractivity contribution in [1.29, 1.82) is 0 Å². The molecule has 14 heteroatoms. The van der Waals surface area contributed by atoms with Crippen LogP contribution in [0.3, 0.4) is 0 Å².